The van der Waals surface area contributed by atoms with Gasteiger partial charge in [-0.3, -0.25) is 19.7 Å². The van der Waals surface area contributed by atoms with Gasteiger partial charge in [-0.15, -0.1) is 0 Å². The molecule has 234 valence electrons. The van der Waals surface area contributed by atoms with Crippen molar-refractivity contribution in [2.45, 2.75) is 13.5 Å². The van der Waals surface area contributed by atoms with Gasteiger partial charge in [-0.1, -0.05) is 48.5 Å². The van der Waals surface area contributed by atoms with Crippen LogP contribution in [0.15, 0.2) is 109 Å². The van der Waals surface area contributed by atoms with Crippen LogP contribution in [0.25, 0.3) is 16.8 Å². The lowest BCUT2D eigenvalue weighted by atomic mass is 10.0. The lowest BCUT2D eigenvalue weighted by Gasteiger charge is -2.34. The fourth-order valence-electron chi connectivity index (χ4n) is 5.34. The Hall–Kier alpha value is -5.56. The van der Waals surface area contributed by atoms with Gasteiger partial charge in [0.15, 0.2) is 11.5 Å². The maximum absolute atomic E-state index is 14.2. The standard InChI is InChI=1S/C36H26IN3O7/c1-22-7-5-10-27(17-22)38-34(41)29(35(42)39(36(38)43)31-12-6-9-25-8-3-4-11-28(25)31)18-24-19-30(37)33(32(20-24)46-2)47-21-23-13-15-26(16-14-23)40(44)45/h3-20H,21H2,1-2H3/b29-18+. The average molecular weight is 740 g/mol. The fraction of sp³-hybridized carbons (Fsp3) is 0.0833. The number of rotatable bonds is 8. The van der Waals surface area contributed by atoms with Gasteiger partial charge in [-0.25, -0.2) is 14.6 Å². The van der Waals surface area contributed by atoms with Crippen molar-refractivity contribution in [2.75, 3.05) is 16.9 Å². The Morgan fingerprint density at radius 1 is 0.851 bits per heavy atom. The third-order valence-electron chi connectivity index (χ3n) is 7.61. The Kier molecular flexibility index (Phi) is 8.72. The van der Waals surface area contributed by atoms with E-state index in [0.29, 0.717) is 43.0 Å². The molecule has 0 radical (unpaired) electrons. The third kappa shape index (κ3) is 6.17. The van der Waals surface area contributed by atoms with E-state index in [2.05, 4.69) is 22.6 Å². The summed E-state index contributed by atoms with van der Waals surface area (Å²) in [6.45, 7) is 1.97. The molecule has 0 N–H and O–H groups in total. The van der Waals surface area contributed by atoms with Gasteiger partial charge < -0.3 is 9.47 Å². The summed E-state index contributed by atoms with van der Waals surface area (Å²) in [7, 11) is 1.47. The number of benzene rings is 5. The summed E-state index contributed by atoms with van der Waals surface area (Å²) in [5.74, 6) is -0.745. The molecule has 1 saturated heterocycles. The molecule has 0 aliphatic carbocycles. The number of halogens is 1. The van der Waals surface area contributed by atoms with E-state index in [4.69, 9.17) is 9.47 Å². The van der Waals surface area contributed by atoms with Gasteiger partial charge >= 0.3 is 6.03 Å². The highest BCUT2D eigenvalue weighted by Crippen LogP contribution is 2.37. The van der Waals surface area contributed by atoms with E-state index in [1.54, 1.807) is 54.6 Å². The number of carbonyl (C=O) groups excluding carboxylic acids is 3. The first kappa shape index (κ1) is 31.4. The van der Waals surface area contributed by atoms with Crippen molar-refractivity contribution in [2.24, 2.45) is 0 Å². The number of anilines is 2. The predicted octanol–water partition coefficient (Wildman–Crippen LogP) is 7.83. The Labute approximate surface area is 283 Å². The first-order chi connectivity index (χ1) is 22.7. The van der Waals surface area contributed by atoms with Crippen LogP contribution in [0.5, 0.6) is 11.5 Å². The SMILES string of the molecule is COc1cc(/C=C2\C(=O)N(c3cccc(C)c3)C(=O)N(c3cccc4ccccc34)C2=O)cc(I)c1OCc1ccc([N+](=O)[O-])cc1. The minimum absolute atomic E-state index is 0.0215. The quantitative estimate of drug-likeness (QED) is 0.0523. The van der Waals surface area contributed by atoms with E-state index in [0.717, 1.165) is 20.7 Å². The largest absolute Gasteiger partial charge is 0.493 e. The highest BCUT2D eigenvalue weighted by atomic mass is 127. The molecule has 4 amide bonds. The normalized spacial score (nSPS) is 14.2. The van der Waals surface area contributed by atoms with Gasteiger partial charge in [-0.2, -0.15) is 0 Å². The number of barbiturate groups is 1. The molecule has 0 atom stereocenters. The molecule has 1 fully saturated rings. The molecule has 0 unspecified atom stereocenters. The number of fused-ring (bicyclic) bond motifs is 1. The molecule has 0 spiro atoms. The minimum Gasteiger partial charge on any atom is -0.493 e. The van der Waals surface area contributed by atoms with E-state index in [9.17, 15) is 24.5 Å². The van der Waals surface area contributed by atoms with Crippen LogP contribution in [0, 0.1) is 20.6 Å². The number of nitro benzene ring substituents is 1. The molecule has 11 heteroatoms. The summed E-state index contributed by atoms with van der Waals surface area (Å²) in [5.41, 5.74) is 2.49. The topological polar surface area (TPSA) is 119 Å². The van der Waals surface area contributed by atoms with Crippen LogP contribution >= 0.6 is 22.6 Å². The van der Waals surface area contributed by atoms with E-state index in [1.807, 2.05) is 43.3 Å². The first-order valence-electron chi connectivity index (χ1n) is 14.4. The monoisotopic (exact) mass is 739 g/mol. The summed E-state index contributed by atoms with van der Waals surface area (Å²) >= 11 is 2.07. The molecule has 5 aromatic carbocycles. The van der Waals surface area contributed by atoms with E-state index in [1.165, 1.54) is 25.3 Å². The Bertz CT molecular complexity index is 2110. The molecule has 6 rings (SSSR count). The molecule has 10 nitrogen and oxygen atoms in total. The minimum atomic E-state index is -0.777. The van der Waals surface area contributed by atoms with Crippen molar-refractivity contribution in [1.82, 2.24) is 0 Å². The van der Waals surface area contributed by atoms with Crippen LogP contribution in [-0.4, -0.2) is 29.9 Å². The zero-order valence-corrected chi connectivity index (χ0v) is 27.3. The number of non-ortho nitro benzene ring substituents is 1. The van der Waals surface area contributed by atoms with Crippen molar-refractivity contribution in [1.29, 1.82) is 0 Å². The van der Waals surface area contributed by atoms with Crippen LogP contribution in [0.2, 0.25) is 0 Å². The van der Waals surface area contributed by atoms with Crippen molar-refractivity contribution in [3.8, 4) is 11.5 Å². The molecular weight excluding hydrogens is 713 g/mol. The Morgan fingerprint density at radius 3 is 2.28 bits per heavy atom. The summed E-state index contributed by atoms with van der Waals surface area (Å²) in [6.07, 6.45) is 1.45. The van der Waals surface area contributed by atoms with Crippen molar-refractivity contribution < 1.29 is 28.8 Å². The van der Waals surface area contributed by atoms with E-state index in [-0.39, 0.29) is 17.9 Å². The number of amides is 4. The van der Waals surface area contributed by atoms with Crippen LogP contribution < -0.4 is 19.3 Å². The van der Waals surface area contributed by atoms with Gasteiger partial charge in [-0.05, 0) is 100 Å². The van der Waals surface area contributed by atoms with Crippen LogP contribution in [0.1, 0.15) is 16.7 Å². The smallest absolute Gasteiger partial charge is 0.343 e. The van der Waals surface area contributed by atoms with Gasteiger partial charge in [0.1, 0.15) is 12.2 Å². The number of methoxy groups -OCH3 is 1. The summed E-state index contributed by atoms with van der Waals surface area (Å²) in [6, 6.07) is 28.3. The van der Waals surface area contributed by atoms with Crippen molar-refractivity contribution in [3.05, 3.63) is 139 Å². The number of urea groups is 1. The van der Waals surface area contributed by atoms with Crippen LogP contribution in [0.4, 0.5) is 21.9 Å². The number of hydrogen-bond acceptors (Lipinski definition) is 7. The van der Waals surface area contributed by atoms with Crippen molar-refractivity contribution in [3.63, 3.8) is 0 Å². The molecule has 1 heterocycles. The number of hydrogen-bond donors (Lipinski definition) is 0. The van der Waals surface area contributed by atoms with Gasteiger partial charge in [0.25, 0.3) is 17.5 Å². The second-order valence-corrected chi connectivity index (χ2v) is 11.9. The zero-order chi connectivity index (χ0) is 33.2. The van der Waals surface area contributed by atoms with Crippen molar-refractivity contribution >= 4 is 74.3 Å². The number of nitro groups is 1. The van der Waals surface area contributed by atoms with Crippen LogP contribution in [-0.2, 0) is 16.2 Å². The molecular formula is C36H26IN3O7. The maximum atomic E-state index is 14.2. The lowest BCUT2D eigenvalue weighted by Crippen LogP contribution is -2.57. The van der Waals surface area contributed by atoms with Gasteiger partial charge in [0, 0.05) is 17.5 Å². The molecule has 0 saturated carbocycles. The zero-order valence-electron chi connectivity index (χ0n) is 25.2. The Morgan fingerprint density at radius 2 is 1.55 bits per heavy atom. The fourth-order valence-corrected chi connectivity index (χ4v) is 6.12. The van der Waals surface area contributed by atoms with Gasteiger partial charge in [0.05, 0.1) is 27.0 Å². The first-order valence-corrected chi connectivity index (χ1v) is 15.5. The summed E-state index contributed by atoms with van der Waals surface area (Å²) in [4.78, 5) is 54.8. The summed E-state index contributed by atoms with van der Waals surface area (Å²) in [5, 5.41) is 12.5. The number of aryl methyl sites for hydroxylation is 1. The average Bonchev–Trinajstić information content (AvgIpc) is 3.06. The predicted molar refractivity (Wildman–Crippen MR) is 187 cm³/mol. The maximum Gasteiger partial charge on any atom is 0.343 e. The van der Waals surface area contributed by atoms with E-state index >= 15 is 0 Å². The number of ether oxygens (including phenoxy) is 2. The lowest BCUT2D eigenvalue weighted by molar-refractivity contribution is -0.384. The molecule has 1 aliphatic heterocycles. The van der Waals surface area contributed by atoms with Crippen LogP contribution in [0.3, 0.4) is 0 Å². The molecule has 1 aliphatic rings. The second-order valence-electron chi connectivity index (χ2n) is 10.7. The molecule has 47 heavy (non-hydrogen) atoms. The molecule has 5 aromatic rings. The summed E-state index contributed by atoms with van der Waals surface area (Å²) < 4.78 is 12.3. The molecule has 0 bridgehead atoms. The van der Waals surface area contributed by atoms with Gasteiger partial charge in [0.2, 0.25) is 0 Å². The Balaban J connectivity index is 1.41. The number of carbonyl (C=O) groups is 3. The number of imide groups is 2. The number of nitrogens with zero attached hydrogens (tertiary/aromatic N) is 3. The highest BCUT2D eigenvalue weighted by Gasteiger charge is 2.44. The highest BCUT2D eigenvalue weighted by molar-refractivity contribution is 14.1. The second kappa shape index (κ2) is 13.0. The molecule has 0 aromatic heterocycles. The van der Waals surface area contributed by atoms with E-state index < -0.39 is 22.8 Å². The third-order valence-corrected chi connectivity index (χ3v) is 8.41.